The molecule has 66 valence electrons. The van der Waals surface area contributed by atoms with E-state index >= 15 is 0 Å². The number of aliphatic carboxylic acids is 1. The summed E-state index contributed by atoms with van der Waals surface area (Å²) in [4.78, 5) is 10.4. The van der Waals surface area contributed by atoms with Gasteiger partial charge in [-0.25, -0.2) is 9.86 Å². The Bertz CT molecular complexity index is 265. The molecule has 1 aliphatic heterocycles. The normalized spacial score (nSPS) is 20.5. The predicted molar refractivity (Wildman–Crippen MR) is 35.5 cm³/mol. The van der Waals surface area contributed by atoms with Crippen molar-refractivity contribution in [2.75, 3.05) is 0 Å². The van der Waals surface area contributed by atoms with Gasteiger partial charge < -0.3 is 15.6 Å². The summed E-state index contributed by atoms with van der Waals surface area (Å²) in [6.07, 6.45) is 0.849. The van der Waals surface area contributed by atoms with E-state index in [1.165, 1.54) is 0 Å². The number of rotatable bonds is 2. The molecule has 0 aromatic heterocycles. The van der Waals surface area contributed by atoms with E-state index in [0.717, 1.165) is 6.20 Å². The Morgan fingerprint density at radius 3 is 2.54 bits per heavy atom. The molecule has 0 radical (unpaired) electrons. The van der Waals surface area contributed by atoms with E-state index in [-0.39, 0.29) is 63.4 Å². The van der Waals surface area contributed by atoms with Gasteiger partial charge in [0.1, 0.15) is 0 Å². The molecule has 0 amide bonds. The summed E-state index contributed by atoms with van der Waals surface area (Å²) in [6.45, 7) is 0. The molecule has 0 bridgehead atoms. The molecule has 1 rings (SSSR count). The van der Waals surface area contributed by atoms with Gasteiger partial charge in [0.25, 0.3) is 0 Å². The van der Waals surface area contributed by atoms with E-state index in [4.69, 9.17) is 15.7 Å². The van der Waals surface area contributed by atoms with Crippen LogP contribution in [0, 0.1) is 5.41 Å². The predicted octanol–water partition coefficient (Wildman–Crippen LogP) is -4.24. The zero-order valence-electron chi connectivity index (χ0n) is 7.02. The van der Waals surface area contributed by atoms with Crippen LogP contribution in [0.25, 0.3) is 0 Å². The molecular formula is C6H7KN2O4. The SMILES string of the molecule is N=C([O-])C1=CN(O)C(C(=O)O)C1.[K+]. The van der Waals surface area contributed by atoms with Gasteiger partial charge in [0.15, 0.2) is 6.04 Å². The van der Waals surface area contributed by atoms with E-state index in [1.54, 1.807) is 0 Å². The number of nitrogens with zero attached hydrogens (tertiary/aromatic N) is 1. The standard InChI is InChI=1S/C6H8N2O4.K/c7-5(9)3-1-4(6(10)11)8(12)2-3;/h2,4,12H,1H2,(H2,7,9)(H,10,11);/q;+1/p-1. The Morgan fingerprint density at radius 2 is 2.31 bits per heavy atom. The topological polar surface area (TPSA) is 108 Å². The molecule has 1 aliphatic rings. The second kappa shape index (κ2) is 5.08. The number of hydrogen-bond donors (Lipinski definition) is 3. The molecule has 0 aliphatic carbocycles. The van der Waals surface area contributed by atoms with Crippen molar-refractivity contribution in [1.82, 2.24) is 5.06 Å². The summed E-state index contributed by atoms with van der Waals surface area (Å²) in [5.74, 6) is -2.18. The summed E-state index contributed by atoms with van der Waals surface area (Å²) in [6, 6.07) is -1.13. The summed E-state index contributed by atoms with van der Waals surface area (Å²) in [7, 11) is 0. The number of nitrogens with one attached hydrogen (secondary N) is 1. The zero-order valence-corrected chi connectivity index (χ0v) is 10.1. The van der Waals surface area contributed by atoms with Crippen LogP contribution in [-0.4, -0.2) is 33.3 Å². The van der Waals surface area contributed by atoms with Crippen LogP contribution in [0.15, 0.2) is 11.8 Å². The maximum absolute atomic E-state index is 10.4. The van der Waals surface area contributed by atoms with Crippen LogP contribution in [0.5, 0.6) is 0 Å². The summed E-state index contributed by atoms with van der Waals surface area (Å²) < 4.78 is 0. The maximum atomic E-state index is 10.4. The van der Waals surface area contributed by atoms with Crippen LogP contribution in [0.3, 0.4) is 0 Å². The van der Waals surface area contributed by atoms with Crippen molar-refractivity contribution in [3.05, 3.63) is 11.8 Å². The molecule has 1 heterocycles. The van der Waals surface area contributed by atoms with Gasteiger partial charge in [-0.15, -0.1) is 0 Å². The summed E-state index contributed by atoms with van der Waals surface area (Å²) in [5.41, 5.74) is 0.00454. The molecule has 0 saturated carbocycles. The van der Waals surface area contributed by atoms with Gasteiger partial charge in [-0.1, -0.05) is 0 Å². The average Bonchev–Trinajstić information content (AvgIpc) is 2.30. The minimum Gasteiger partial charge on any atom is -0.859 e. The third-order valence-electron chi connectivity index (χ3n) is 1.60. The van der Waals surface area contributed by atoms with Crippen molar-refractivity contribution in [1.29, 1.82) is 5.41 Å². The third kappa shape index (κ3) is 3.04. The van der Waals surface area contributed by atoms with Gasteiger partial charge in [0.2, 0.25) is 0 Å². The van der Waals surface area contributed by atoms with Crippen LogP contribution in [0.4, 0.5) is 0 Å². The van der Waals surface area contributed by atoms with Gasteiger partial charge >= 0.3 is 57.4 Å². The van der Waals surface area contributed by atoms with Crippen molar-refractivity contribution in [2.24, 2.45) is 0 Å². The Morgan fingerprint density at radius 1 is 1.77 bits per heavy atom. The van der Waals surface area contributed by atoms with Crippen molar-refractivity contribution < 1.29 is 71.6 Å². The number of hydroxylamine groups is 2. The Labute approximate surface area is 117 Å². The molecule has 13 heavy (non-hydrogen) atoms. The van der Waals surface area contributed by atoms with Gasteiger partial charge in [0.05, 0.1) is 0 Å². The molecule has 7 heteroatoms. The average molecular weight is 210 g/mol. The van der Waals surface area contributed by atoms with Gasteiger partial charge in [-0.2, -0.15) is 0 Å². The largest absolute Gasteiger partial charge is 1.00 e. The quantitative estimate of drug-likeness (QED) is 0.243. The number of carboxylic acids is 1. The fourth-order valence-electron chi connectivity index (χ4n) is 0.956. The molecule has 0 spiro atoms. The number of hydrogen-bond acceptors (Lipinski definition) is 5. The van der Waals surface area contributed by atoms with Crippen molar-refractivity contribution in [3.63, 3.8) is 0 Å². The van der Waals surface area contributed by atoms with Crippen LogP contribution in [0.2, 0.25) is 0 Å². The Balaban J connectivity index is 0.00000144. The van der Waals surface area contributed by atoms with Gasteiger partial charge in [-0.3, -0.25) is 5.21 Å². The maximum Gasteiger partial charge on any atom is 1.00 e. The van der Waals surface area contributed by atoms with Crippen LogP contribution < -0.4 is 56.5 Å². The number of carboxylic acid groups (broad SMARTS) is 1. The minimum absolute atomic E-state index is 0. The third-order valence-corrected chi connectivity index (χ3v) is 1.60. The van der Waals surface area contributed by atoms with Gasteiger partial charge in [0, 0.05) is 12.6 Å². The van der Waals surface area contributed by atoms with E-state index < -0.39 is 17.9 Å². The fourth-order valence-corrected chi connectivity index (χ4v) is 0.956. The smallest absolute Gasteiger partial charge is 0.859 e. The molecule has 6 nitrogen and oxygen atoms in total. The molecule has 1 unspecified atom stereocenters. The first-order chi connectivity index (χ1) is 5.52. The zero-order chi connectivity index (χ0) is 9.30. The first kappa shape index (κ1) is 13.1. The van der Waals surface area contributed by atoms with Gasteiger partial charge in [-0.05, 0) is 11.5 Å². The second-order valence-corrected chi connectivity index (χ2v) is 2.42. The van der Waals surface area contributed by atoms with Crippen LogP contribution in [0.1, 0.15) is 6.42 Å². The van der Waals surface area contributed by atoms with E-state index in [1.807, 2.05) is 0 Å². The molecule has 0 fully saturated rings. The van der Waals surface area contributed by atoms with Crippen molar-refractivity contribution in [3.8, 4) is 0 Å². The molecule has 0 aromatic carbocycles. The summed E-state index contributed by atoms with van der Waals surface area (Å²) >= 11 is 0. The van der Waals surface area contributed by atoms with Crippen LogP contribution >= 0.6 is 0 Å². The minimum atomic E-state index is -1.22. The molecule has 3 N–H and O–H groups in total. The van der Waals surface area contributed by atoms with Crippen molar-refractivity contribution >= 4 is 11.9 Å². The van der Waals surface area contributed by atoms with E-state index in [9.17, 15) is 9.90 Å². The fraction of sp³-hybridized carbons (Fsp3) is 0.333. The summed E-state index contributed by atoms with van der Waals surface area (Å²) in [5, 5.41) is 34.9. The first-order valence-corrected chi connectivity index (χ1v) is 3.19. The van der Waals surface area contributed by atoms with Crippen LogP contribution in [-0.2, 0) is 4.79 Å². The Hall–Kier alpha value is 0.0764. The Kier molecular flexibility index (Phi) is 5.11. The molecular weight excluding hydrogens is 203 g/mol. The monoisotopic (exact) mass is 210 g/mol. The molecule has 1 atom stereocenters. The number of carbonyl (C=O) groups is 1. The molecule has 0 aromatic rings. The van der Waals surface area contributed by atoms with Crippen molar-refractivity contribution in [2.45, 2.75) is 12.5 Å². The second-order valence-electron chi connectivity index (χ2n) is 2.42. The van der Waals surface area contributed by atoms with E-state index in [0.29, 0.717) is 5.06 Å². The molecule has 0 saturated heterocycles. The van der Waals surface area contributed by atoms with E-state index in [2.05, 4.69) is 0 Å². The first-order valence-electron chi connectivity index (χ1n) is 3.19.